The third-order valence-corrected chi connectivity index (χ3v) is 4.74. The Bertz CT molecular complexity index is 476. The molecule has 1 aromatic carbocycles. The predicted molar refractivity (Wildman–Crippen MR) is 93.4 cm³/mol. The summed E-state index contributed by atoms with van der Waals surface area (Å²) in [4.78, 5) is 14.8. The van der Waals surface area contributed by atoms with Gasteiger partial charge in [0.15, 0.2) is 0 Å². The highest BCUT2D eigenvalue weighted by Crippen LogP contribution is 2.21. The largest absolute Gasteiger partial charge is 0.393 e. The minimum absolute atomic E-state index is 0.0109. The van der Waals surface area contributed by atoms with Gasteiger partial charge in [-0.2, -0.15) is 0 Å². The molecule has 1 amide bonds. The number of carbonyl (C=O) groups is 1. The maximum Gasteiger partial charge on any atom is 0.237 e. The van der Waals surface area contributed by atoms with E-state index in [9.17, 15) is 9.90 Å². The van der Waals surface area contributed by atoms with Crippen molar-refractivity contribution in [3.63, 3.8) is 0 Å². The molecular weight excluding hydrogens is 288 g/mol. The van der Waals surface area contributed by atoms with Crippen LogP contribution in [0, 0.1) is 0 Å². The van der Waals surface area contributed by atoms with Gasteiger partial charge in [-0.3, -0.25) is 9.69 Å². The van der Waals surface area contributed by atoms with Crippen LogP contribution in [0.4, 0.5) is 0 Å². The first-order valence-electron chi connectivity index (χ1n) is 8.86. The van der Waals surface area contributed by atoms with Gasteiger partial charge in [0.2, 0.25) is 5.91 Å². The molecule has 3 atom stereocenters. The van der Waals surface area contributed by atoms with Gasteiger partial charge in [0.1, 0.15) is 0 Å². The zero-order chi connectivity index (χ0) is 16.7. The van der Waals surface area contributed by atoms with E-state index in [-0.39, 0.29) is 24.0 Å². The number of amides is 1. The van der Waals surface area contributed by atoms with E-state index in [4.69, 9.17) is 0 Å². The summed E-state index contributed by atoms with van der Waals surface area (Å²) < 4.78 is 0. The fourth-order valence-corrected chi connectivity index (χ4v) is 3.48. The quantitative estimate of drug-likeness (QED) is 0.812. The van der Waals surface area contributed by atoms with Crippen molar-refractivity contribution in [2.24, 2.45) is 0 Å². The average molecular weight is 318 g/mol. The molecular formula is C19H30N2O2. The van der Waals surface area contributed by atoms with Crippen molar-refractivity contribution < 1.29 is 9.90 Å². The molecule has 1 heterocycles. The van der Waals surface area contributed by atoms with Gasteiger partial charge in [0.25, 0.3) is 0 Å². The van der Waals surface area contributed by atoms with E-state index < -0.39 is 0 Å². The monoisotopic (exact) mass is 318 g/mol. The van der Waals surface area contributed by atoms with Crippen LogP contribution in [0.5, 0.6) is 0 Å². The number of likely N-dealkylation sites (N-methyl/N-ethyl adjacent to an activating group) is 1. The number of nitrogens with one attached hydrogen (secondary N) is 1. The van der Waals surface area contributed by atoms with E-state index in [1.807, 2.05) is 18.2 Å². The second-order valence-corrected chi connectivity index (χ2v) is 6.58. The number of benzene rings is 1. The first kappa shape index (κ1) is 18.0. The first-order valence-corrected chi connectivity index (χ1v) is 8.86. The van der Waals surface area contributed by atoms with Crippen LogP contribution in [-0.4, -0.2) is 47.7 Å². The van der Waals surface area contributed by atoms with Crippen LogP contribution in [-0.2, 0) is 4.79 Å². The van der Waals surface area contributed by atoms with E-state index in [0.717, 1.165) is 25.9 Å². The van der Waals surface area contributed by atoms with Crippen LogP contribution in [0.25, 0.3) is 0 Å². The third-order valence-electron chi connectivity index (χ3n) is 4.74. The van der Waals surface area contributed by atoms with Crippen LogP contribution in [0.1, 0.15) is 51.0 Å². The van der Waals surface area contributed by atoms with Crippen LogP contribution < -0.4 is 5.32 Å². The number of rotatable bonds is 7. The Morgan fingerprint density at radius 2 is 2.09 bits per heavy atom. The molecule has 0 radical (unpaired) electrons. The fraction of sp³-hybridized carbons (Fsp3) is 0.632. The van der Waals surface area contributed by atoms with Gasteiger partial charge in [-0.15, -0.1) is 0 Å². The van der Waals surface area contributed by atoms with Gasteiger partial charge in [0.05, 0.1) is 12.1 Å². The fourth-order valence-electron chi connectivity index (χ4n) is 3.48. The molecule has 2 N–H and O–H groups in total. The Morgan fingerprint density at radius 3 is 2.74 bits per heavy atom. The van der Waals surface area contributed by atoms with Crippen molar-refractivity contribution in [2.75, 3.05) is 19.6 Å². The Hall–Kier alpha value is -1.39. The molecule has 1 aliphatic rings. The van der Waals surface area contributed by atoms with E-state index in [0.29, 0.717) is 13.0 Å². The molecule has 4 nitrogen and oxygen atoms in total. The highest BCUT2D eigenvalue weighted by atomic mass is 16.3. The SMILES string of the molecule is CCN1CCCCC1C(=O)NCC(CC(C)O)c1ccccc1. The van der Waals surface area contributed by atoms with Crippen LogP contribution in [0.2, 0.25) is 0 Å². The molecule has 1 fully saturated rings. The van der Waals surface area contributed by atoms with Crippen molar-refractivity contribution in [2.45, 2.75) is 57.6 Å². The Labute approximate surface area is 139 Å². The summed E-state index contributed by atoms with van der Waals surface area (Å²) in [6.07, 6.45) is 3.55. The summed E-state index contributed by atoms with van der Waals surface area (Å²) in [5, 5.41) is 12.9. The lowest BCUT2D eigenvalue weighted by atomic mass is 9.93. The van der Waals surface area contributed by atoms with Crippen molar-refractivity contribution in [1.29, 1.82) is 0 Å². The summed E-state index contributed by atoms with van der Waals surface area (Å²) >= 11 is 0. The molecule has 3 unspecified atom stereocenters. The molecule has 0 aromatic heterocycles. The lowest BCUT2D eigenvalue weighted by Crippen LogP contribution is -2.50. The third kappa shape index (κ3) is 5.33. The summed E-state index contributed by atoms with van der Waals surface area (Å²) in [7, 11) is 0. The van der Waals surface area contributed by atoms with Crippen LogP contribution in [0.3, 0.4) is 0 Å². The Balaban J connectivity index is 1.96. The van der Waals surface area contributed by atoms with Crippen molar-refractivity contribution >= 4 is 5.91 Å². The van der Waals surface area contributed by atoms with Gasteiger partial charge in [-0.1, -0.05) is 43.7 Å². The molecule has 1 aliphatic heterocycles. The Morgan fingerprint density at radius 1 is 1.35 bits per heavy atom. The zero-order valence-electron chi connectivity index (χ0n) is 14.4. The van der Waals surface area contributed by atoms with Crippen LogP contribution in [0.15, 0.2) is 30.3 Å². The zero-order valence-corrected chi connectivity index (χ0v) is 14.4. The number of aliphatic hydroxyl groups excluding tert-OH is 1. The van der Waals surface area contributed by atoms with Gasteiger partial charge >= 0.3 is 0 Å². The van der Waals surface area contributed by atoms with Gasteiger partial charge in [0, 0.05) is 12.5 Å². The second kappa shape index (κ2) is 9.04. The van der Waals surface area contributed by atoms with Crippen molar-refractivity contribution in [3.8, 4) is 0 Å². The highest BCUT2D eigenvalue weighted by Gasteiger charge is 2.27. The van der Waals surface area contributed by atoms with Gasteiger partial charge < -0.3 is 10.4 Å². The molecule has 128 valence electrons. The van der Waals surface area contributed by atoms with E-state index in [1.165, 1.54) is 12.0 Å². The number of nitrogens with zero attached hydrogens (tertiary/aromatic N) is 1. The maximum absolute atomic E-state index is 12.6. The molecule has 0 spiro atoms. The lowest BCUT2D eigenvalue weighted by molar-refractivity contribution is -0.127. The molecule has 0 aliphatic carbocycles. The van der Waals surface area contributed by atoms with E-state index in [2.05, 4.69) is 29.3 Å². The second-order valence-electron chi connectivity index (χ2n) is 6.58. The van der Waals surface area contributed by atoms with E-state index >= 15 is 0 Å². The number of piperidine rings is 1. The molecule has 23 heavy (non-hydrogen) atoms. The predicted octanol–water partition coefficient (Wildman–Crippen LogP) is 2.53. The number of hydrogen-bond acceptors (Lipinski definition) is 3. The average Bonchev–Trinajstić information content (AvgIpc) is 2.58. The number of carbonyl (C=O) groups excluding carboxylic acids is 1. The van der Waals surface area contributed by atoms with Gasteiger partial charge in [-0.05, 0) is 44.8 Å². The topological polar surface area (TPSA) is 52.6 Å². The minimum Gasteiger partial charge on any atom is -0.393 e. The number of hydrogen-bond donors (Lipinski definition) is 2. The molecule has 1 aromatic rings. The smallest absolute Gasteiger partial charge is 0.237 e. The molecule has 1 saturated heterocycles. The number of aliphatic hydroxyl groups is 1. The van der Waals surface area contributed by atoms with Gasteiger partial charge in [-0.25, -0.2) is 0 Å². The van der Waals surface area contributed by atoms with Crippen molar-refractivity contribution in [1.82, 2.24) is 10.2 Å². The van der Waals surface area contributed by atoms with Crippen LogP contribution >= 0.6 is 0 Å². The molecule has 0 bridgehead atoms. The lowest BCUT2D eigenvalue weighted by Gasteiger charge is -2.34. The standard InChI is InChI=1S/C19H30N2O2/c1-3-21-12-8-7-11-18(21)19(23)20-14-17(13-15(2)22)16-9-5-4-6-10-16/h4-6,9-10,15,17-18,22H,3,7-8,11-14H2,1-2H3,(H,20,23). The minimum atomic E-state index is -0.376. The number of likely N-dealkylation sites (tertiary alicyclic amines) is 1. The van der Waals surface area contributed by atoms with E-state index in [1.54, 1.807) is 6.92 Å². The molecule has 0 saturated carbocycles. The summed E-state index contributed by atoms with van der Waals surface area (Å²) in [5.41, 5.74) is 1.17. The summed E-state index contributed by atoms with van der Waals surface area (Å²) in [6, 6.07) is 10.1. The van der Waals surface area contributed by atoms with Crippen molar-refractivity contribution in [3.05, 3.63) is 35.9 Å². The maximum atomic E-state index is 12.6. The summed E-state index contributed by atoms with van der Waals surface area (Å²) in [6.45, 7) is 6.45. The normalized spacial score (nSPS) is 21.6. The first-order chi connectivity index (χ1) is 11.1. The highest BCUT2D eigenvalue weighted by molar-refractivity contribution is 5.81. The molecule has 4 heteroatoms. The Kier molecular flexibility index (Phi) is 7.06. The summed E-state index contributed by atoms with van der Waals surface area (Å²) in [5.74, 6) is 0.289. The molecule has 2 rings (SSSR count).